The first-order chi connectivity index (χ1) is 16.9. The van der Waals surface area contributed by atoms with Crippen LogP contribution >= 0.6 is 0 Å². The number of carbonyl (C=O) groups excluding carboxylic acids is 1. The number of carbonyl (C=O) groups is 1. The predicted octanol–water partition coefficient (Wildman–Crippen LogP) is 5.36. The molecule has 0 saturated heterocycles. The van der Waals surface area contributed by atoms with E-state index in [1.54, 1.807) is 31.5 Å². The van der Waals surface area contributed by atoms with Crippen LogP contribution in [-0.2, 0) is 4.74 Å². The number of nitrogens with zero attached hydrogens (tertiary/aromatic N) is 4. The molecule has 0 aliphatic heterocycles. The van der Waals surface area contributed by atoms with Crippen LogP contribution in [0, 0.1) is 12.7 Å². The van der Waals surface area contributed by atoms with Gasteiger partial charge in [-0.3, -0.25) is 4.98 Å². The average molecular weight is 468 g/mol. The Labute approximate surface area is 201 Å². The van der Waals surface area contributed by atoms with E-state index in [1.165, 1.54) is 23.0 Å². The normalized spacial score (nSPS) is 11.1. The van der Waals surface area contributed by atoms with Crippen molar-refractivity contribution < 1.29 is 13.9 Å². The molecule has 8 heteroatoms. The number of rotatable bonds is 5. The summed E-state index contributed by atoms with van der Waals surface area (Å²) in [5.74, 6) is -0.591. The summed E-state index contributed by atoms with van der Waals surface area (Å²) in [6.45, 7) is 4.04. The van der Waals surface area contributed by atoms with Crippen molar-refractivity contribution in [2.45, 2.75) is 13.8 Å². The second kappa shape index (κ2) is 8.98. The van der Waals surface area contributed by atoms with E-state index in [-0.39, 0.29) is 18.2 Å². The lowest BCUT2D eigenvalue weighted by Gasteiger charge is -2.15. The van der Waals surface area contributed by atoms with Crippen molar-refractivity contribution >= 4 is 22.7 Å². The van der Waals surface area contributed by atoms with E-state index in [4.69, 9.17) is 10.5 Å². The van der Waals surface area contributed by atoms with Gasteiger partial charge in [-0.2, -0.15) is 5.10 Å². The first-order valence-electron chi connectivity index (χ1n) is 11.1. The second-order valence-corrected chi connectivity index (χ2v) is 8.05. The minimum absolute atomic E-state index is 0.213. The quantitative estimate of drug-likeness (QED) is 0.350. The number of nitrogens with two attached hydrogens (primary N) is 1. The molecule has 5 aromatic rings. The van der Waals surface area contributed by atoms with E-state index in [1.807, 2.05) is 31.2 Å². The lowest BCUT2D eigenvalue weighted by molar-refractivity contribution is 0.0526. The monoisotopic (exact) mass is 467 g/mol. The van der Waals surface area contributed by atoms with Gasteiger partial charge in [-0.1, -0.05) is 6.07 Å². The summed E-state index contributed by atoms with van der Waals surface area (Å²) >= 11 is 0. The van der Waals surface area contributed by atoms with Gasteiger partial charge in [0.25, 0.3) is 0 Å². The number of nitrogen functional groups attached to an aromatic ring is 1. The Kier molecular flexibility index (Phi) is 5.70. The number of benzene rings is 2. The average Bonchev–Trinajstić information content (AvgIpc) is 3.35. The maximum absolute atomic E-state index is 13.6. The molecule has 3 aromatic heterocycles. The van der Waals surface area contributed by atoms with Crippen LogP contribution in [0.5, 0.6) is 0 Å². The topological polar surface area (TPSA) is 95.9 Å². The van der Waals surface area contributed by atoms with Crippen molar-refractivity contribution in [3.8, 4) is 28.1 Å². The number of halogens is 1. The summed E-state index contributed by atoms with van der Waals surface area (Å²) in [5.41, 5.74) is 12.1. The van der Waals surface area contributed by atoms with Crippen LogP contribution in [0.25, 0.3) is 39.0 Å². The van der Waals surface area contributed by atoms with Crippen molar-refractivity contribution in [1.29, 1.82) is 0 Å². The van der Waals surface area contributed by atoms with E-state index in [0.717, 1.165) is 33.2 Å². The number of hydrogen-bond acceptors (Lipinski definition) is 6. The second-order valence-electron chi connectivity index (χ2n) is 8.05. The molecule has 0 saturated carbocycles. The van der Waals surface area contributed by atoms with E-state index in [9.17, 15) is 9.18 Å². The number of ether oxygens (including phenoxy) is 1. The van der Waals surface area contributed by atoms with Crippen LogP contribution in [0.1, 0.15) is 22.8 Å². The number of aryl methyl sites for hydroxylation is 1. The summed E-state index contributed by atoms with van der Waals surface area (Å²) in [5, 5.41) is 5.31. The van der Waals surface area contributed by atoms with Gasteiger partial charge in [0.1, 0.15) is 17.3 Å². The van der Waals surface area contributed by atoms with Gasteiger partial charge in [-0.05, 0) is 73.5 Å². The van der Waals surface area contributed by atoms with Crippen LogP contribution in [-0.4, -0.2) is 32.3 Å². The van der Waals surface area contributed by atoms with Crippen LogP contribution in [0.3, 0.4) is 0 Å². The molecule has 0 spiro atoms. The van der Waals surface area contributed by atoms with Crippen LogP contribution in [0.2, 0.25) is 0 Å². The standard InChI is InChI=1S/C27H22FN5O2/c1-3-35-27(34)19-14-31-33(15-19)24-13-22(18-6-9-23-21(12-18)16(2)10-11-30-23)25(32-26(24)29)17-4-7-20(28)8-5-17/h4-15H,3H2,1-2H3,(H2,29,32). The number of aromatic nitrogens is 4. The van der Waals surface area contributed by atoms with Gasteiger partial charge >= 0.3 is 5.97 Å². The number of anilines is 1. The molecule has 0 amide bonds. The number of hydrogen-bond donors (Lipinski definition) is 1. The smallest absolute Gasteiger partial charge is 0.341 e. The molecule has 0 bridgehead atoms. The molecule has 0 aliphatic carbocycles. The predicted molar refractivity (Wildman–Crippen MR) is 133 cm³/mol. The van der Waals surface area contributed by atoms with Crippen LogP contribution < -0.4 is 5.73 Å². The fourth-order valence-electron chi connectivity index (χ4n) is 3.97. The summed E-state index contributed by atoms with van der Waals surface area (Å²) < 4.78 is 20.2. The molecule has 174 valence electrons. The zero-order chi connectivity index (χ0) is 24.5. The summed E-state index contributed by atoms with van der Waals surface area (Å²) in [6, 6.07) is 15.9. The third-order valence-corrected chi connectivity index (χ3v) is 5.76. The molecule has 7 nitrogen and oxygen atoms in total. The molecule has 0 atom stereocenters. The minimum Gasteiger partial charge on any atom is -0.462 e. The van der Waals surface area contributed by atoms with E-state index in [2.05, 4.69) is 21.1 Å². The largest absolute Gasteiger partial charge is 0.462 e. The first-order valence-corrected chi connectivity index (χ1v) is 11.1. The molecule has 0 aliphatic rings. The van der Waals surface area contributed by atoms with Crippen molar-refractivity contribution in [3.05, 3.63) is 90.1 Å². The summed E-state index contributed by atoms with van der Waals surface area (Å²) in [6.07, 6.45) is 4.76. The third-order valence-electron chi connectivity index (χ3n) is 5.76. The molecule has 0 radical (unpaired) electrons. The number of esters is 1. The number of fused-ring (bicyclic) bond motifs is 1. The Morgan fingerprint density at radius 1 is 1.09 bits per heavy atom. The highest BCUT2D eigenvalue weighted by Gasteiger charge is 2.18. The molecule has 2 aromatic carbocycles. The molecule has 2 N–H and O–H groups in total. The Morgan fingerprint density at radius 3 is 2.63 bits per heavy atom. The SMILES string of the molecule is CCOC(=O)c1cnn(-c2cc(-c3ccc4nccc(C)c4c3)c(-c3ccc(F)cc3)nc2N)c1. The van der Waals surface area contributed by atoms with Crippen molar-refractivity contribution in [1.82, 2.24) is 19.7 Å². The maximum Gasteiger partial charge on any atom is 0.341 e. The highest BCUT2D eigenvalue weighted by molar-refractivity contribution is 5.92. The first kappa shape index (κ1) is 22.2. The maximum atomic E-state index is 13.6. The van der Waals surface area contributed by atoms with Gasteiger partial charge in [0.2, 0.25) is 0 Å². The van der Waals surface area contributed by atoms with E-state index < -0.39 is 5.97 Å². The summed E-state index contributed by atoms with van der Waals surface area (Å²) in [4.78, 5) is 21.3. The Bertz CT molecular complexity index is 1560. The van der Waals surface area contributed by atoms with Crippen molar-refractivity contribution in [2.75, 3.05) is 12.3 Å². The molecule has 3 heterocycles. The Hall–Kier alpha value is -4.59. The molecule has 5 rings (SSSR count). The molecule has 0 unspecified atom stereocenters. The molecular weight excluding hydrogens is 445 g/mol. The van der Waals surface area contributed by atoms with Gasteiger partial charge in [0.05, 0.1) is 29.6 Å². The Morgan fingerprint density at radius 2 is 1.86 bits per heavy atom. The van der Waals surface area contributed by atoms with Gasteiger partial charge in [-0.25, -0.2) is 18.9 Å². The van der Waals surface area contributed by atoms with Crippen LogP contribution in [0.15, 0.2) is 73.2 Å². The van der Waals surface area contributed by atoms with Gasteiger partial charge in [0, 0.05) is 28.9 Å². The fraction of sp³-hybridized carbons (Fsp3) is 0.111. The highest BCUT2D eigenvalue weighted by Crippen LogP contribution is 2.36. The summed E-state index contributed by atoms with van der Waals surface area (Å²) in [7, 11) is 0. The molecule has 35 heavy (non-hydrogen) atoms. The van der Waals surface area contributed by atoms with Gasteiger partial charge in [-0.15, -0.1) is 0 Å². The lowest BCUT2D eigenvalue weighted by atomic mass is 9.96. The molecular formula is C27H22FN5O2. The highest BCUT2D eigenvalue weighted by atomic mass is 19.1. The zero-order valence-corrected chi connectivity index (χ0v) is 19.2. The minimum atomic E-state index is -0.467. The Balaban J connectivity index is 1.71. The third kappa shape index (κ3) is 4.21. The lowest BCUT2D eigenvalue weighted by Crippen LogP contribution is -2.06. The van der Waals surface area contributed by atoms with Crippen molar-refractivity contribution in [3.63, 3.8) is 0 Å². The zero-order valence-electron chi connectivity index (χ0n) is 19.2. The van der Waals surface area contributed by atoms with Gasteiger partial charge < -0.3 is 10.5 Å². The van der Waals surface area contributed by atoms with E-state index in [0.29, 0.717) is 16.9 Å². The molecule has 0 fully saturated rings. The van der Waals surface area contributed by atoms with Crippen LogP contribution in [0.4, 0.5) is 10.2 Å². The number of pyridine rings is 2. The van der Waals surface area contributed by atoms with Gasteiger partial charge in [0.15, 0.2) is 0 Å². The van der Waals surface area contributed by atoms with E-state index >= 15 is 0 Å². The van der Waals surface area contributed by atoms with Crippen molar-refractivity contribution in [2.24, 2.45) is 0 Å². The fourth-order valence-corrected chi connectivity index (χ4v) is 3.97.